The zero-order valence-corrected chi connectivity index (χ0v) is 19.9. The number of rotatable bonds is 6. The standard InChI is InChI=1S/C26H32N6O3/c1-16-29-21-10-9-19(12-22(21)30-16)32(26(35)23-13-20(33)15-28-23)24(17-6-5-11-27-14-17)25(34)31-18-7-3-2-4-8-18/h5-6,9-12,14,18,20,23-24,28,33H,2-4,7-8,13,15H2,1H3,(H,29,30)(H,31,34). The van der Waals surface area contributed by atoms with Gasteiger partial charge in [0.2, 0.25) is 11.8 Å². The molecule has 3 unspecified atom stereocenters. The third-order valence-corrected chi connectivity index (χ3v) is 6.96. The van der Waals surface area contributed by atoms with Gasteiger partial charge in [0.05, 0.1) is 23.2 Å². The molecule has 2 aliphatic rings. The number of anilines is 1. The highest BCUT2D eigenvalue weighted by atomic mass is 16.3. The number of aromatic nitrogens is 3. The maximum absolute atomic E-state index is 14.0. The van der Waals surface area contributed by atoms with Crippen molar-refractivity contribution in [3.05, 3.63) is 54.1 Å². The molecular formula is C26H32N6O3. The van der Waals surface area contributed by atoms with Crippen LogP contribution in [0.15, 0.2) is 42.7 Å². The molecule has 9 heteroatoms. The van der Waals surface area contributed by atoms with Gasteiger partial charge < -0.3 is 20.7 Å². The van der Waals surface area contributed by atoms with Crippen molar-refractivity contribution in [3.63, 3.8) is 0 Å². The van der Waals surface area contributed by atoms with Crippen molar-refractivity contribution in [3.8, 4) is 0 Å². The van der Waals surface area contributed by atoms with Crippen molar-refractivity contribution >= 4 is 28.5 Å². The molecule has 1 saturated carbocycles. The van der Waals surface area contributed by atoms with Crippen molar-refractivity contribution in [1.82, 2.24) is 25.6 Å². The van der Waals surface area contributed by atoms with Crippen molar-refractivity contribution in [2.45, 2.75) is 69.7 Å². The topological polar surface area (TPSA) is 123 Å². The van der Waals surface area contributed by atoms with E-state index in [2.05, 4.69) is 25.6 Å². The summed E-state index contributed by atoms with van der Waals surface area (Å²) in [6.45, 7) is 2.22. The van der Waals surface area contributed by atoms with E-state index in [9.17, 15) is 14.7 Å². The summed E-state index contributed by atoms with van der Waals surface area (Å²) in [4.78, 5) is 41.3. The summed E-state index contributed by atoms with van der Waals surface area (Å²) in [6, 6.07) is 7.73. The number of aliphatic hydroxyl groups is 1. The van der Waals surface area contributed by atoms with Crippen molar-refractivity contribution in [2.24, 2.45) is 0 Å². The molecule has 35 heavy (non-hydrogen) atoms. The molecule has 184 valence electrons. The molecule has 1 aliphatic carbocycles. The number of imidazole rings is 1. The van der Waals surface area contributed by atoms with Crippen LogP contribution in [0, 0.1) is 6.92 Å². The normalized spacial score (nSPS) is 21.7. The summed E-state index contributed by atoms with van der Waals surface area (Å²) < 4.78 is 0. The fraction of sp³-hybridized carbons (Fsp3) is 0.462. The van der Waals surface area contributed by atoms with Gasteiger partial charge in [-0.1, -0.05) is 25.3 Å². The van der Waals surface area contributed by atoms with Gasteiger partial charge in [-0.05, 0) is 50.5 Å². The van der Waals surface area contributed by atoms with E-state index >= 15 is 0 Å². The van der Waals surface area contributed by atoms with Gasteiger partial charge in [-0.15, -0.1) is 0 Å². The van der Waals surface area contributed by atoms with E-state index in [-0.39, 0.29) is 17.9 Å². The number of amides is 2. The average Bonchev–Trinajstić information content (AvgIpc) is 3.47. The van der Waals surface area contributed by atoms with E-state index < -0.39 is 18.2 Å². The molecule has 9 nitrogen and oxygen atoms in total. The van der Waals surface area contributed by atoms with E-state index in [1.165, 1.54) is 6.42 Å². The fourth-order valence-corrected chi connectivity index (χ4v) is 5.23. The minimum absolute atomic E-state index is 0.0940. The zero-order valence-electron chi connectivity index (χ0n) is 19.9. The number of benzene rings is 1. The van der Waals surface area contributed by atoms with Crippen molar-refractivity contribution in [2.75, 3.05) is 11.4 Å². The molecule has 2 amide bonds. The molecule has 5 rings (SSSR count). The lowest BCUT2D eigenvalue weighted by molar-refractivity contribution is -0.128. The lowest BCUT2D eigenvalue weighted by Gasteiger charge is -2.34. The summed E-state index contributed by atoms with van der Waals surface area (Å²) >= 11 is 0. The number of hydrogen-bond donors (Lipinski definition) is 4. The van der Waals surface area contributed by atoms with Crippen molar-refractivity contribution in [1.29, 1.82) is 0 Å². The third kappa shape index (κ3) is 5.06. The number of carbonyl (C=O) groups excluding carboxylic acids is 2. The van der Waals surface area contributed by atoms with E-state index in [0.717, 1.165) is 42.5 Å². The van der Waals surface area contributed by atoms with Gasteiger partial charge >= 0.3 is 0 Å². The molecule has 3 heterocycles. The maximum atomic E-state index is 14.0. The van der Waals surface area contributed by atoms with Gasteiger partial charge in [0, 0.05) is 36.2 Å². The number of nitrogens with zero attached hydrogens (tertiary/aromatic N) is 3. The van der Waals surface area contributed by atoms with Crippen LogP contribution in [0.25, 0.3) is 11.0 Å². The molecular weight excluding hydrogens is 444 g/mol. The van der Waals surface area contributed by atoms with Gasteiger partial charge in [0.1, 0.15) is 11.9 Å². The van der Waals surface area contributed by atoms with Crippen LogP contribution in [-0.4, -0.2) is 56.6 Å². The first-order chi connectivity index (χ1) is 17.0. The van der Waals surface area contributed by atoms with Crippen molar-refractivity contribution < 1.29 is 14.7 Å². The average molecular weight is 477 g/mol. The number of aromatic amines is 1. The second-order valence-corrected chi connectivity index (χ2v) is 9.61. The van der Waals surface area contributed by atoms with Crippen LogP contribution < -0.4 is 15.5 Å². The second kappa shape index (κ2) is 10.1. The predicted octanol–water partition coefficient (Wildman–Crippen LogP) is 2.51. The largest absolute Gasteiger partial charge is 0.392 e. The Balaban J connectivity index is 1.57. The first kappa shape index (κ1) is 23.4. The van der Waals surface area contributed by atoms with Gasteiger partial charge in [-0.2, -0.15) is 0 Å². The lowest BCUT2D eigenvalue weighted by Crippen LogP contribution is -2.51. The summed E-state index contributed by atoms with van der Waals surface area (Å²) in [5.74, 6) is 0.289. The number of hydrogen-bond acceptors (Lipinski definition) is 6. The number of H-pyrrole nitrogens is 1. The predicted molar refractivity (Wildman–Crippen MR) is 133 cm³/mol. The van der Waals surface area contributed by atoms with E-state index in [4.69, 9.17) is 0 Å². The maximum Gasteiger partial charge on any atom is 0.248 e. The Kier molecular flexibility index (Phi) is 6.79. The smallest absolute Gasteiger partial charge is 0.248 e. The molecule has 3 atom stereocenters. The monoisotopic (exact) mass is 476 g/mol. The Morgan fingerprint density at radius 1 is 1.20 bits per heavy atom. The van der Waals surface area contributed by atoms with E-state index in [1.54, 1.807) is 23.4 Å². The van der Waals surface area contributed by atoms with E-state index in [1.807, 2.05) is 31.2 Å². The van der Waals surface area contributed by atoms with Crippen LogP contribution in [0.1, 0.15) is 56.0 Å². The SMILES string of the molecule is Cc1nc2ccc(N(C(=O)C3CC(O)CN3)C(C(=O)NC3CCCCC3)c3cccnc3)cc2[nH]1. The number of pyridine rings is 1. The summed E-state index contributed by atoms with van der Waals surface area (Å²) in [5, 5.41) is 16.4. The first-order valence-electron chi connectivity index (χ1n) is 12.4. The van der Waals surface area contributed by atoms with Crippen LogP contribution in [-0.2, 0) is 9.59 Å². The first-order valence-corrected chi connectivity index (χ1v) is 12.4. The Morgan fingerprint density at radius 2 is 2.03 bits per heavy atom. The number of aliphatic hydroxyl groups excluding tert-OH is 1. The number of aryl methyl sites for hydroxylation is 1. The molecule has 0 radical (unpaired) electrons. The number of fused-ring (bicyclic) bond motifs is 1. The molecule has 1 saturated heterocycles. The second-order valence-electron chi connectivity index (χ2n) is 9.61. The van der Waals surface area contributed by atoms with Gasteiger partial charge in [-0.3, -0.25) is 19.5 Å². The Morgan fingerprint density at radius 3 is 2.74 bits per heavy atom. The number of β-amino-alcohol motifs (C(OH)–C–C–N with tert-alkyl or cyclic N) is 1. The van der Waals surface area contributed by atoms with Crippen LogP contribution in [0.4, 0.5) is 5.69 Å². The number of carbonyl (C=O) groups is 2. The zero-order chi connectivity index (χ0) is 24.4. The third-order valence-electron chi connectivity index (χ3n) is 6.96. The van der Waals surface area contributed by atoms with E-state index in [0.29, 0.717) is 24.2 Å². The molecule has 2 aromatic heterocycles. The highest BCUT2D eigenvalue weighted by Crippen LogP contribution is 2.32. The van der Waals surface area contributed by atoms with Gasteiger partial charge in [-0.25, -0.2) is 4.98 Å². The molecule has 1 aliphatic heterocycles. The Bertz CT molecular complexity index is 1190. The van der Waals surface area contributed by atoms with Gasteiger partial charge in [0.25, 0.3) is 0 Å². The summed E-state index contributed by atoms with van der Waals surface area (Å²) in [5.41, 5.74) is 2.79. The van der Waals surface area contributed by atoms with Crippen LogP contribution in [0.3, 0.4) is 0 Å². The Labute approximate surface area is 204 Å². The summed E-state index contributed by atoms with van der Waals surface area (Å²) in [7, 11) is 0. The summed E-state index contributed by atoms with van der Waals surface area (Å²) in [6.07, 6.45) is 8.23. The highest BCUT2D eigenvalue weighted by molar-refractivity contribution is 6.04. The minimum atomic E-state index is -0.904. The molecule has 1 aromatic carbocycles. The van der Waals surface area contributed by atoms with Crippen LogP contribution in [0.2, 0.25) is 0 Å². The Hall–Kier alpha value is -3.30. The minimum Gasteiger partial charge on any atom is -0.392 e. The van der Waals surface area contributed by atoms with Crippen LogP contribution in [0.5, 0.6) is 0 Å². The fourth-order valence-electron chi connectivity index (χ4n) is 5.23. The molecule has 0 bridgehead atoms. The molecule has 2 fully saturated rings. The van der Waals surface area contributed by atoms with Gasteiger partial charge in [0.15, 0.2) is 0 Å². The molecule has 0 spiro atoms. The highest BCUT2D eigenvalue weighted by Gasteiger charge is 2.39. The van der Waals surface area contributed by atoms with Crippen LogP contribution >= 0.6 is 0 Å². The lowest BCUT2D eigenvalue weighted by atomic mass is 9.94. The molecule has 3 aromatic rings. The molecule has 4 N–H and O–H groups in total. The quantitative estimate of drug-likeness (QED) is 0.434. The number of nitrogens with one attached hydrogen (secondary N) is 3.